The van der Waals surface area contributed by atoms with Gasteiger partial charge in [-0.25, -0.2) is 4.79 Å². The highest BCUT2D eigenvalue weighted by atomic mass is 32.2. The van der Waals surface area contributed by atoms with Gasteiger partial charge in [0.1, 0.15) is 6.04 Å². The number of unbranched alkanes of at least 4 members (excludes halogenated alkanes) is 1. The van der Waals surface area contributed by atoms with E-state index < -0.39 is 12.0 Å². The van der Waals surface area contributed by atoms with Crippen LogP contribution in [0.5, 0.6) is 0 Å². The molecule has 2 atom stereocenters. The van der Waals surface area contributed by atoms with Crippen molar-refractivity contribution in [1.29, 1.82) is 0 Å². The fourth-order valence-corrected chi connectivity index (χ4v) is 3.08. The zero-order valence-corrected chi connectivity index (χ0v) is 11.3. The van der Waals surface area contributed by atoms with E-state index in [2.05, 4.69) is 6.92 Å². The van der Waals surface area contributed by atoms with Crippen LogP contribution in [-0.2, 0) is 9.59 Å². The zero-order chi connectivity index (χ0) is 12.8. The van der Waals surface area contributed by atoms with E-state index in [1.54, 1.807) is 11.8 Å². The Labute approximate surface area is 107 Å². The van der Waals surface area contributed by atoms with Crippen LogP contribution in [0.25, 0.3) is 0 Å². The van der Waals surface area contributed by atoms with Crippen LogP contribution < -0.4 is 0 Å². The molecule has 0 bridgehead atoms. The average Bonchev–Trinajstić information content (AvgIpc) is 2.77. The fraction of sp³-hybridized carbons (Fsp3) is 0.833. The van der Waals surface area contributed by atoms with E-state index in [0.29, 0.717) is 13.0 Å². The summed E-state index contributed by atoms with van der Waals surface area (Å²) in [7, 11) is 0. The van der Waals surface area contributed by atoms with Gasteiger partial charge < -0.3 is 10.0 Å². The van der Waals surface area contributed by atoms with Gasteiger partial charge in [-0.15, -0.1) is 11.8 Å². The normalized spacial score (nSPS) is 21.5. The van der Waals surface area contributed by atoms with Crippen molar-refractivity contribution in [2.45, 2.75) is 50.8 Å². The van der Waals surface area contributed by atoms with E-state index in [1.165, 1.54) is 4.90 Å². The first-order valence-electron chi connectivity index (χ1n) is 6.22. The number of carboxylic acids is 1. The smallest absolute Gasteiger partial charge is 0.326 e. The molecule has 0 radical (unpaired) electrons. The summed E-state index contributed by atoms with van der Waals surface area (Å²) in [6.07, 6.45) is 3.61. The minimum atomic E-state index is -0.874. The quantitative estimate of drug-likeness (QED) is 0.741. The molecule has 0 spiro atoms. The van der Waals surface area contributed by atoms with Crippen LogP contribution in [0.15, 0.2) is 0 Å². The van der Waals surface area contributed by atoms with Gasteiger partial charge >= 0.3 is 5.97 Å². The first-order chi connectivity index (χ1) is 8.07. The second kappa shape index (κ2) is 6.89. The molecule has 1 unspecified atom stereocenters. The Morgan fingerprint density at radius 1 is 1.53 bits per heavy atom. The number of thioether (sulfide) groups is 1. The van der Waals surface area contributed by atoms with Gasteiger partial charge in [0.15, 0.2) is 0 Å². The maximum absolute atomic E-state index is 12.1. The topological polar surface area (TPSA) is 57.6 Å². The van der Waals surface area contributed by atoms with Crippen molar-refractivity contribution in [3.8, 4) is 0 Å². The van der Waals surface area contributed by atoms with E-state index in [0.717, 1.165) is 25.0 Å². The summed E-state index contributed by atoms with van der Waals surface area (Å²) in [6, 6.07) is -0.600. The van der Waals surface area contributed by atoms with Gasteiger partial charge in [0.2, 0.25) is 5.91 Å². The molecule has 5 heteroatoms. The first kappa shape index (κ1) is 14.4. The molecule has 1 amide bonds. The SMILES string of the molecule is CCCCSC(C)C(=O)N1CCC[C@H]1C(=O)O. The van der Waals surface area contributed by atoms with Gasteiger partial charge in [0, 0.05) is 6.54 Å². The molecule has 1 heterocycles. The van der Waals surface area contributed by atoms with Crippen LogP contribution in [0, 0.1) is 0 Å². The average molecular weight is 259 g/mol. The third kappa shape index (κ3) is 3.91. The summed E-state index contributed by atoms with van der Waals surface area (Å²) in [5.74, 6) is 0.0761. The Balaban J connectivity index is 2.47. The lowest BCUT2D eigenvalue weighted by atomic mass is 10.2. The summed E-state index contributed by atoms with van der Waals surface area (Å²) in [5, 5.41) is 8.90. The predicted molar refractivity (Wildman–Crippen MR) is 69.2 cm³/mol. The van der Waals surface area contributed by atoms with Crippen molar-refractivity contribution in [2.75, 3.05) is 12.3 Å². The van der Waals surface area contributed by atoms with Gasteiger partial charge in [-0.05, 0) is 31.9 Å². The molecular weight excluding hydrogens is 238 g/mol. The van der Waals surface area contributed by atoms with Crippen molar-refractivity contribution < 1.29 is 14.7 Å². The summed E-state index contributed by atoms with van der Waals surface area (Å²) >= 11 is 1.63. The summed E-state index contributed by atoms with van der Waals surface area (Å²) in [4.78, 5) is 24.6. The number of hydrogen-bond donors (Lipinski definition) is 1. The highest BCUT2D eigenvalue weighted by Crippen LogP contribution is 2.22. The highest BCUT2D eigenvalue weighted by molar-refractivity contribution is 8.00. The number of carboxylic acid groups (broad SMARTS) is 1. The van der Waals surface area contributed by atoms with Gasteiger partial charge in [0.25, 0.3) is 0 Å². The third-order valence-corrected chi connectivity index (χ3v) is 4.26. The summed E-state index contributed by atoms with van der Waals surface area (Å²) in [6.45, 7) is 4.59. The minimum absolute atomic E-state index is 0.0176. The van der Waals surface area contributed by atoms with Gasteiger partial charge in [-0.3, -0.25) is 4.79 Å². The minimum Gasteiger partial charge on any atom is -0.480 e. The van der Waals surface area contributed by atoms with Crippen LogP contribution in [0.2, 0.25) is 0 Å². The van der Waals surface area contributed by atoms with E-state index >= 15 is 0 Å². The highest BCUT2D eigenvalue weighted by Gasteiger charge is 2.35. The molecule has 1 fully saturated rings. The Morgan fingerprint density at radius 2 is 2.24 bits per heavy atom. The molecule has 98 valence electrons. The van der Waals surface area contributed by atoms with Crippen molar-refractivity contribution in [1.82, 2.24) is 4.90 Å². The lowest BCUT2D eigenvalue weighted by molar-refractivity contribution is -0.147. The van der Waals surface area contributed by atoms with Crippen molar-refractivity contribution in [3.63, 3.8) is 0 Å². The van der Waals surface area contributed by atoms with Crippen LogP contribution in [0.3, 0.4) is 0 Å². The van der Waals surface area contributed by atoms with Crippen molar-refractivity contribution in [3.05, 3.63) is 0 Å². The molecule has 4 nitrogen and oxygen atoms in total. The largest absolute Gasteiger partial charge is 0.480 e. The number of aliphatic carboxylic acids is 1. The lowest BCUT2D eigenvalue weighted by Gasteiger charge is -2.24. The second-order valence-corrected chi connectivity index (χ2v) is 5.84. The molecule has 0 saturated carbocycles. The van der Waals surface area contributed by atoms with Gasteiger partial charge in [-0.2, -0.15) is 0 Å². The molecule has 1 aliphatic heterocycles. The summed E-state index contributed by atoms with van der Waals surface area (Å²) < 4.78 is 0. The van der Waals surface area contributed by atoms with Crippen molar-refractivity contribution in [2.24, 2.45) is 0 Å². The molecule has 1 rings (SSSR count). The lowest BCUT2D eigenvalue weighted by Crippen LogP contribution is -2.43. The molecule has 1 saturated heterocycles. The number of carbonyl (C=O) groups is 2. The Bertz CT molecular complexity index is 283. The molecule has 0 aromatic rings. The molecule has 0 aromatic carbocycles. The number of likely N-dealkylation sites (tertiary alicyclic amines) is 1. The van der Waals surface area contributed by atoms with Gasteiger partial charge in [0.05, 0.1) is 5.25 Å². The molecule has 1 aliphatic rings. The Morgan fingerprint density at radius 3 is 2.82 bits per heavy atom. The number of hydrogen-bond acceptors (Lipinski definition) is 3. The first-order valence-corrected chi connectivity index (χ1v) is 7.27. The van der Waals surface area contributed by atoms with Crippen LogP contribution in [0.4, 0.5) is 0 Å². The number of nitrogens with zero attached hydrogens (tertiary/aromatic N) is 1. The van der Waals surface area contributed by atoms with E-state index in [9.17, 15) is 9.59 Å². The van der Waals surface area contributed by atoms with Crippen molar-refractivity contribution >= 4 is 23.6 Å². The van der Waals surface area contributed by atoms with Crippen LogP contribution >= 0.6 is 11.8 Å². The number of amides is 1. The Hall–Kier alpha value is -0.710. The monoisotopic (exact) mass is 259 g/mol. The van der Waals surface area contributed by atoms with E-state index in [4.69, 9.17) is 5.11 Å². The zero-order valence-electron chi connectivity index (χ0n) is 10.5. The fourth-order valence-electron chi connectivity index (χ4n) is 2.00. The molecule has 17 heavy (non-hydrogen) atoms. The van der Waals surface area contributed by atoms with Gasteiger partial charge in [-0.1, -0.05) is 13.3 Å². The van der Waals surface area contributed by atoms with Crippen LogP contribution in [0.1, 0.15) is 39.5 Å². The molecule has 0 aliphatic carbocycles. The second-order valence-electron chi connectivity index (χ2n) is 4.39. The predicted octanol–water partition coefficient (Wildman–Crippen LogP) is 1.98. The molecular formula is C12H21NO3S. The molecule has 1 N–H and O–H groups in total. The maximum Gasteiger partial charge on any atom is 0.326 e. The number of carbonyl (C=O) groups excluding carboxylic acids is 1. The third-order valence-electron chi connectivity index (χ3n) is 3.03. The summed E-state index contributed by atoms with van der Waals surface area (Å²) in [5.41, 5.74) is 0. The number of rotatable bonds is 6. The molecule has 0 aromatic heterocycles. The Kier molecular flexibility index (Phi) is 5.82. The maximum atomic E-state index is 12.1. The standard InChI is InChI=1S/C12H21NO3S/c1-3-4-8-17-9(2)11(14)13-7-5-6-10(13)12(15)16/h9-10H,3-8H2,1-2H3,(H,15,16)/t9?,10-/m0/s1. The van der Waals surface area contributed by atoms with Crippen LogP contribution in [-0.4, -0.2) is 45.5 Å². The van der Waals surface area contributed by atoms with E-state index in [-0.39, 0.29) is 11.2 Å². The van der Waals surface area contributed by atoms with E-state index in [1.807, 2.05) is 6.92 Å².